The topological polar surface area (TPSA) is 0 Å². The summed E-state index contributed by atoms with van der Waals surface area (Å²) in [6.45, 7) is 3.94. The van der Waals surface area contributed by atoms with Crippen molar-refractivity contribution in [3.63, 3.8) is 0 Å². The van der Waals surface area contributed by atoms with Crippen LogP contribution in [0.3, 0.4) is 0 Å². The third-order valence-corrected chi connectivity index (χ3v) is 4.79. The minimum absolute atomic E-state index is 0.0877. The summed E-state index contributed by atoms with van der Waals surface area (Å²) in [4.78, 5) is -0.0877. The van der Waals surface area contributed by atoms with E-state index in [9.17, 15) is 4.39 Å². The molecule has 0 bridgehead atoms. The van der Waals surface area contributed by atoms with Crippen LogP contribution in [0.15, 0.2) is 30.3 Å². The summed E-state index contributed by atoms with van der Waals surface area (Å²) >= 11 is 15.4. The van der Waals surface area contributed by atoms with Gasteiger partial charge in [-0.25, -0.2) is 4.39 Å². The lowest BCUT2D eigenvalue weighted by Gasteiger charge is -2.15. The van der Waals surface area contributed by atoms with E-state index in [1.54, 1.807) is 6.07 Å². The molecule has 2 aromatic rings. The predicted molar refractivity (Wildman–Crippen MR) is 83.1 cm³/mol. The molecule has 2 aromatic carbocycles. The van der Waals surface area contributed by atoms with Crippen molar-refractivity contribution < 1.29 is 4.39 Å². The first-order valence-electron chi connectivity index (χ1n) is 5.76. The third kappa shape index (κ3) is 3.13. The second-order valence-corrected chi connectivity index (χ2v) is 6.22. The number of benzene rings is 2. The Morgan fingerprint density at radius 3 is 2.32 bits per heavy atom. The third-order valence-electron chi connectivity index (χ3n) is 3.06. The molecule has 1 atom stereocenters. The SMILES string of the molecule is Cc1cc(C(Br)c2ccc(Cl)c(F)c2)c(C)cc1Cl. The van der Waals surface area contributed by atoms with Gasteiger partial charge in [0.15, 0.2) is 0 Å². The van der Waals surface area contributed by atoms with Crippen molar-refractivity contribution in [2.75, 3.05) is 0 Å². The molecule has 1 unspecified atom stereocenters. The minimum Gasteiger partial charge on any atom is -0.205 e. The van der Waals surface area contributed by atoms with Gasteiger partial charge in [-0.15, -0.1) is 0 Å². The first kappa shape index (κ1) is 14.8. The van der Waals surface area contributed by atoms with Crippen LogP contribution in [0.2, 0.25) is 10.0 Å². The van der Waals surface area contributed by atoms with E-state index < -0.39 is 5.82 Å². The van der Waals surface area contributed by atoms with Crippen LogP contribution in [0.4, 0.5) is 4.39 Å². The summed E-state index contributed by atoms with van der Waals surface area (Å²) in [6.07, 6.45) is 0. The molecule has 0 saturated heterocycles. The van der Waals surface area contributed by atoms with E-state index in [4.69, 9.17) is 23.2 Å². The maximum absolute atomic E-state index is 13.5. The van der Waals surface area contributed by atoms with Gasteiger partial charge in [0, 0.05) is 5.02 Å². The molecule has 0 radical (unpaired) electrons. The molecule has 4 heteroatoms. The number of alkyl halides is 1. The predicted octanol–water partition coefficient (Wildman–Crippen LogP) is 6.23. The van der Waals surface area contributed by atoms with E-state index in [0.717, 1.165) is 27.3 Å². The minimum atomic E-state index is -0.410. The summed E-state index contributed by atoms with van der Waals surface area (Å²) < 4.78 is 13.5. The normalized spacial score (nSPS) is 12.5. The molecule has 100 valence electrons. The Labute approximate surface area is 130 Å². The van der Waals surface area contributed by atoms with Gasteiger partial charge in [-0.05, 0) is 54.3 Å². The van der Waals surface area contributed by atoms with Crippen LogP contribution in [0.25, 0.3) is 0 Å². The van der Waals surface area contributed by atoms with Gasteiger partial charge in [-0.3, -0.25) is 0 Å². The molecule has 0 aliphatic rings. The molecule has 0 aromatic heterocycles. The molecule has 19 heavy (non-hydrogen) atoms. The van der Waals surface area contributed by atoms with Gasteiger partial charge in [0.05, 0.1) is 9.85 Å². The Balaban J connectivity index is 2.46. The number of hydrogen-bond donors (Lipinski definition) is 0. The fraction of sp³-hybridized carbons (Fsp3) is 0.200. The smallest absolute Gasteiger partial charge is 0.142 e. The van der Waals surface area contributed by atoms with Crippen LogP contribution >= 0.6 is 39.1 Å². The lowest BCUT2D eigenvalue weighted by molar-refractivity contribution is 0.626. The highest BCUT2D eigenvalue weighted by atomic mass is 79.9. The quantitative estimate of drug-likeness (QED) is 0.556. The fourth-order valence-corrected chi connectivity index (χ4v) is 3.04. The molecular formula is C15H12BrCl2F. The number of aryl methyl sites for hydroxylation is 2. The van der Waals surface area contributed by atoms with Crippen molar-refractivity contribution in [1.82, 2.24) is 0 Å². The number of rotatable bonds is 2. The molecule has 0 aliphatic heterocycles. The fourth-order valence-electron chi connectivity index (χ4n) is 1.93. The molecule has 0 fully saturated rings. The standard InChI is InChI=1S/C15H12BrCl2F/c1-8-6-13(18)9(2)5-11(8)15(16)10-3-4-12(17)14(19)7-10/h3-7,15H,1-2H3. The zero-order valence-electron chi connectivity index (χ0n) is 10.5. The second kappa shape index (κ2) is 5.82. The van der Waals surface area contributed by atoms with Crippen molar-refractivity contribution in [2.45, 2.75) is 18.7 Å². The van der Waals surface area contributed by atoms with Gasteiger partial charge in [0.1, 0.15) is 5.82 Å². The summed E-state index contributed by atoms with van der Waals surface area (Å²) in [5.74, 6) is -0.410. The zero-order chi connectivity index (χ0) is 14.2. The first-order chi connectivity index (χ1) is 8.90. The van der Waals surface area contributed by atoms with Gasteiger partial charge in [-0.2, -0.15) is 0 Å². The summed E-state index contributed by atoms with van der Waals surface area (Å²) in [7, 11) is 0. The van der Waals surface area contributed by atoms with Crippen LogP contribution in [0.1, 0.15) is 27.1 Å². The average Bonchev–Trinajstić information content (AvgIpc) is 2.36. The molecule has 0 heterocycles. The maximum atomic E-state index is 13.5. The molecule has 0 spiro atoms. The highest BCUT2D eigenvalue weighted by molar-refractivity contribution is 9.09. The van der Waals surface area contributed by atoms with Gasteiger partial charge in [0.2, 0.25) is 0 Å². The lowest BCUT2D eigenvalue weighted by Crippen LogP contribution is -1.98. The Bertz CT molecular complexity index is 626. The lowest BCUT2D eigenvalue weighted by atomic mass is 9.98. The molecule has 0 saturated carbocycles. The van der Waals surface area contributed by atoms with Crippen molar-refractivity contribution in [3.8, 4) is 0 Å². The maximum Gasteiger partial charge on any atom is 0.142 e. The van der Waals surface area contributed by atoms with Gasteiger partial charge in [0.25, 0.3) is 0 Å². The molecule has 0 amide bonds. The molecule has 2 rings (SSSR count). The van der Waals surface area contributed by atoms with Crippen molar-refractivity contribution in [2.24, 2.45) is 0 Å². The molecule has 0 aliphatic carbocycles. The van der Waals surface area contributed by atoms with E-state index in [0.29, 0.717) is 0 Å². The van der Waals surface area contributed by atoms with Gasteiger partial charge in [-0.1, -0.05) is 51.3 Å². The van der Waals surface area contributed by atoms with E-state index in [1.165, 1.54) is 6.07 Å². The van der Waals surface area contributed by atoms with Gasteiger partial charge >= 0.3 is 0 Å². The highest BCUT2D eigenvalue weighted by Crippen LogP contribution is 2.36. The monoisotopic (exact) mass is 360 g/mol. The van der Waals surface area contributed by atoms with Crippen LogP contribution in [0, 0.1) is 19.7 Å². The van der Waals surface area contributed by atoms with Crippen LogP contribution in [0.5, 0.6) is 0 Å². The second-order valence-electron chi connectivity index (χ2n) is 4.49. The Morgan fingerprint density at radius 1 is 1.00 bits per heavy atom. The average molecular weight is 362 g/mol. The Hall–Kier alpha value is -0.570. The Kier molecular flexibility index (Phi) is 4.54. The molecule has 0 N–H and O–H groups in total. The largest absolute Gasteiger partial charge is 0.205 e. The molecular weight excluding hydrogens is 350 g/mol. The summed E-state index contributed by atoms with van der Waals surface area (Å²) in [6, 6.07) is 8.77. The first-order valence-corrected chi connectivity index (χ1v) is 7.43. The van der Waals surface area contributed by atoms with Crippen molar-refractivity contribution >= 4 is 39.1 Å². The van der Waals surface area contributed by atoms with E-state index in [1.807, 2.05) is 32.0 Å². The van der Waals surface area contributed by atoms with Crippen LogP contribution < -0.4 is 0 Å². The van der Waals surface area contributed by atoms with E-state index in [-0.39, 0.29) is 9.85 Å². The van der Waals surface area contributed by atoms with Crippen molar-refractivity contribution in [1.29, 1.82) is 0 Å². The van der Waals surface area contributed by atoms with Gasteiger partial charge < -0.3 is 0 Å². The van der Waals surface area contributed by atoms with E-state index >= 15 is 0 Å². The summed E-state index contributed by atoms with van der Waals surface area (Å²) in [5.41, 5.74) is 3.96. The number of hydrogen-bond acceptors (Lipinski definition) is 0. The van der Waals surface area contributed by atoms with Crippen LogP contribution in [-0.2, 0) is 0 Å². The zero-order valence-corrected chi connectivity index (χ0v) is 13.6. The summed E-state index contributed by atoms with van der Waals surface area (Å²) in [5, 5.41) is 0.871. The van der Waals surface area contributed by atoms with Crippen LogP contribution in [-0.4, -0.2) is 0 Å². The van der Waals surface area contributed by atoms with E-state index in [2.05, 4.69) is 15.9 Å². The molecule has 0 nitrogen and oxygen atoms in total. The highest BCUT2D eigenvalue weighted by Gasteiger charge is 2.15. The Morgan fingerprint density at radius 2 is 1.68 bits per heavy atom. The van der Waals surface area contributed by atoms with Crippen molar-refractivity contribution in [3.05, 3.63) is 68.4 Å². The number of halogens is 4.